The van der Waals surface area contributed by atoms with Gasteiger partial charge in [0.15, 0.2) is 0 Å². The van der Waals surface area contributed by atoms with Crippen LogP contribution in [0.15, 0.2) is 36.5 Å². The third kappa shape index (κ3) is 24.7. The Balaban J connectivity index is 3.22. The minimum Gasteiger partial charge on any atom is -0.481 e. The lowest BCUT2D eigenvalue weighted by atomic mass is 10.1. The lowest BCUT2D eigenvalue weighted by Gasteiger charge is -1.98. The summed E-state index contributed by atoms with van der Waals surface area (Å²) in [5.41, 5.74) is 0. The highest BCUT2D eigenvalue weighted by molar-refractivity contribution is 5.66. The average Bonchev–Trinajstić information content (AvgIpc) is 2.68. The summed E-state index contributed by atoms with van der Waals surface area (Å²) in [4.78, 5) is 10.4. The van der Waals surface area contributed by atoms with E-state index in [1.165, 1.54) is 83.5 Å². The molecular formula is C26H46O2. The Labute approximate surface area is 175 Å². The van der Waals surface area contributed by atoms with E-state index in [0.717, 1.165) is 25.7 Å². The Morgan fingerprint density at radius 2 is 0.893 bits per heavy atom. The zero-order chi connectivity index (χ0) is 20.5. The molecule has 1 N–H and O–H groups in total. The molecule has 0 rings (SSSR count). The van der Waals surface area contributed by atoms with Gasteiger partial charge in [-0.15, -0.1) is 0 Å². The van der Waals surface area contributed by atoms with Crippen LogP contribution in [0.25, 0.3) is 0 Å². The molecule has 0 aliphatic carbocycles. The Morgan fingerprint density at radius 1 is 0.536 bits per heavy atom. The maximum absolute atomic E-state index is 10.4. The van der Waals surface area contributed by atoms with Crippen molar-refractivity contribution in [3.8, 4) is 0 Å². The van der Waals surface area contributed by atoms with Gasteiger partial charge in [-0.2, -0.15) is 0 Å². The lowest BCUT2D eigenvalue weighted by Crippen LogP contribution is -1.92. The van der Waals surface area contributed by atoms with Crippen molar-refractivity contribution in [3.63, 3.8) is 0 Å². The molecule has 2 heteroatoms. The number of carboxylic acids is 1. The third-order valence-electron chi connectivity index (χ3n) is 4.98. The van der Waals surface area contributed by atoms with Gasteiger partial charge >= 0.3 is 5.97 Å². The van der Waals surface area contributed by atoms with E-state index in [4.69, 9.17) is 5.11 Å². The van der Waals surface area contributed by atoms with Crippen LogP contribution in [0, 0.1) is 0 Å². The van der Waals surface area contributed by atoms with E-state index < -0.39 is 5.97 Å². The molecule has 0 radical (unpaired) electrons. The fraction of sp³-hybridized carbons (Fsp3) is 0.731. The molecule has 0 aromatic rings. The highest BCUT2D eigenvalue weighted by Gasteiger charge is 1.93. The van der Waals surface area contributed by atoms with Crippen LogP contribution in [-0.2, 0) is 4.79 Å². The van der Waals surface area contributed by atoms with Gasteiger partial charge in [0.1, 0.15) is 0 Å². The molecule has 0 heterocycles. The molecule has 0 atom stereocenters. The van der Waals surface area contributed by atoms with E-state index >= 15 is 0 Å². The summed E-state index contributed by atoms with van der Waals surface area (Å²) in [6.45, 7) is 2.27. The Hall–Kier alpha value is -1.31. The third-order valence-corrected chi connectivity index (χ3v) is 4.98. The average molecular weight is 391 g/mol. The maximum atomic E-state index is 10.4. The smallest absolute Gasteiger partial charge is 0.303 e. The Bertz CT molecular complexity index is 407. The summed E-state index contributed by atoms with van der Waals surface area (Å²) >= 11 is 0. The first kappa shape index (κ1) is 26.7. The number of hydrogen-bond donors (Lipinski definition) is 1. The number of aliphatic carboxylic acids is 1. The molecule has 0 unspecified atom stereocenters. The molecule has 0 amide bonds. The van der Waals surface area contributed by atoms with Crippen molar-refractivity contribution in [2.24, 2.45) is 0 Å². The fourth-order valence-corrected chi connectivity index (χ4v) is 3.19. The van der Waals surface area contributed by atoms with Gasteiger partial charge in [0.2, 0.25) is 0 Å². The Morgan fingerprint density at radius 3 is 1.32 bits per heavy atom. The summed E-state index contributed by atoms with van der Waals surface area (Å²) in [5, 5.41) is 8.55. The van der Waals surface area contributed by atoms with E-state index in [0.29, 0.717) is 0 Å². The molecule has 162 valence electrons. The second kappa shape index (κ2) is 23.7. The van der Waals surface area contributed by atoms with Crippen molar-refractivity contribution in [3.05, 3.63) is 36.5 Å². The summed E-state index contributed by atoms with van der Waals surface area (Å²) < 4.78 is 0. The Kier molecular flexibility index (Phi) is 22.6. The summed E-state index contributed by atoms with van der Waals surface area (Å²) in [5.74, 6) is -0.698. The van der Waals surface area contributed by atoms with E-state index in [1.807, 2.05) is 0 Å². The van der Waals surface area contributed by atoms with Crippen LogP contribution in [0.2, 0.25) is 0 Å². The monoisotopic (exact) mass is 390 g/mol. The normalized spacial score (nSPS) is 12.0. The molecule has 0 aromatic carbocycles. The van der Waals surface area contributed by atoms with Crippen molar-refractivity contribution in [1.82, 2.24) is 0 Å². The molecule has 0 saturated carbocycles. The summed E-state index contributed by atoms with van der Waals surface area (Å²) in [6.07, 6.45) is 35.2. The van der Waals surface area contributed by atoms with E-state index in [2.05, 4.69) is 43.4 Å². The van der Waals surface area contributed by atoms with E-state index in [1.54, 1.807) is 0 Å². The highest BCUT2D eigenvalue weighted by atomic mass is 16.4. The van der Waals surface area contributed by atoms with Gasteiger partial charge in [-0.05, 0) is 64.2 Å². The minimum atomic E-state index is -0.698. The van der Waals surface area contributed by atoms with Gasteiger partial charge in [-0.3, -0.25) is 4.79 Å². The molecule has 0 saturated heterocycles. The predicted octanol–water partition coefficient (Wildman–Crippen LogP) is 8.78. The van der Waals surface area contributed by atoms with Gasteiger partial charge < -0.3 is 5.11 Å². The summed E-state index contributed by atoms with van der Waals surface area (Å²) in [7, 11) is 0. The molecular weight excluding hydrogens is 344 g/mol. The van der Waals surface area contributed by atoms with E-state index in [-0.39, 0.29) is 6.42 Å². The second-order valence-corrected chi connectivity index (χ2v) is 7.83. The van der Waals surface area contributed by atoms with Crippen LogP contribution >= 0.6 is 0 Å². The fourth-order valence-electron chi connectivity index (χ4n) is 3.19. The van der Waals surface area contributed by atoms with E-state index in [9.17, 15) is 4.79 Å². The molecule has 0 aliphatic heterocycles. The number of unbranched alkanes of at least 4 members (excludes halogenated alkanes) is 13. The largest absolute Gasteiger partial charge is 0.481 e. The quantitative estimate of drug-likeness (QED) is 0.157. The SMILES string of the molecule is CCCCCCCCC=CCCCCCCC=CCCC=CCCCC(=O)O. The number of rotatable bonds is 21. The zero-order valence-electron chi connectivity index (χ0n) is 18.5. The van der Waals surface area contributed by atoms with Crippen LogP contribution in [0.1, 0.15) is 122 Å². The molecule has 0 bridgehead atoms. The first-order chi connectivity index (χ1) is 13.8. The molecule has 28 heavy (non-hydrogen) atoms. The molecule has 0 aromatic heterocycles. The predicted molar refractivity (Wildman–Crippen MR) is 124 cm³/mol. The van der Waals surface area contributed by atoms with Crippen molar-refractivity contribution in [1.29, 1.82) is 0 Å². The van der Waals surface area contributed by atoms with Gasteiger partial charge in [0.05, 0.1) is 0 Å². The number of carbonyl (C=O) groups is 1. The minimum absolute atomic E-state index is 0.278. The van der Waals surface area contributed by atoms with Crippen molar-refractivity contribution < 1.29 is 9.90 Å². The molecule has 0 spiro atoms. The van der Waals surface area contributed by atoms with Crippen LogP contribution in [0.4, 0.5) is 0 Å². The molecule has 2 nitrogen and oxygen atoms in total. The molecule has 0 fully saturated rings. The lowest BCUT2D eigenvalue weighted by molar-refractivity contribution is -0.137. The van der Waals surface area contributed by atoms with Crippen LogP contribution < -0.4 is 0 Å². The maximum Gasteiger partial charge on any atom is 0.303 e. The van der Waals surface area contributed by atoms with Crippen molar-refractivity contribution in [2.75, 3.05) is 0 Å². The van der Waals surface area contributed by atoms with Crippen LogP contribution in [0.3, 0.4) is 0 Å². The van der Waals surface area contributed by atoms with Gasteiger partial charge in [-0.1, -0.05) is 88.3 Å². The summed E-state index contributed by atoms with van der Waals surface area (Å²) in [6, 6.07) is 0. The topological polar surface area (TPSA) is 37.3 Å². The number of hydrogen-bond acceptors (Lipinski definition) is 1. The second-order valence-electron chi connectivity index (χ2n) is 7.83. The zero-order valence-corrected chi connectivity index (χ0v) is 18.5. The number of carboxylic acid groups (broad SMARTS) is 1. The first-order valence-electron chi connectivity index (χ1n) is 11.9. The standard InChI is InChI=1S/C26H46O2/c1-2-3-4-5-6-7-8-9-10-11-12-13-14-15-16-17-18-19-20-21-22-23-24-25-26(27)28/h9-10,17-18,21-22H,2-8,11-16,19-20,23-25H2,1H3,(H,27,28). The number of allylic oxidation sites excluding steroid dienone is 6. The van der Waals surface area contributed by atoms with Crippen molar-refractivity contribution >= 4 is 5.97 Å². The van der Waals surface area contributed by atoms with Gasteiger partial charge in [0, 0.05) is 6.42 Å². The highest BCUT2D eigenvalue weighted by Crippen LogP contribution is 2.09. The first-order valence-corrected chi connectivity index (χ1v) is 11.9. The molecule has 0 aliphatic rings. The van der Waals surface area contributed by atoms with Crippen LogP contribution in [-0.4, -0.2) is 11.1 Å². The van der Waals surface area contributed by atoms with Crippen LogP contribution in [0.5, 0.6) is 0 Å². The van der Waals surface area contributed by atoms with Crippen molar-refractivity contribution in [2.45, 2.75) is 122 Å². The van der Waals surface area contributed by atoms with Gasteiger partial charge in [-0.25, -0.2) is 0 Å². The van der Waals surface area contributed by atoms with Gasteiger partial charge in [0.25, 0.3) is 0 Å².